The zero-order valence-corrected chi connectivity index (χ0v) is 13.2. The first-order valence-corrected chi connectivity index (χ1v) is 7.92. The minimum absolute atomic E-state index is 0.267. The molecular formula is C15H21BrN2O2. The van der Waals surface area contributed by atoms with Crippen molar-refractivity contribution in [1.82, 2.24) is 10.2 Å². The van der Waals surface area contributed by atoms with Crippen LogP contribution in [0.4, 0.5) is 0 Å². The van der Waals surface area contributed by atoms with Crippen molar-refractivity contribution in [3.63, 3.8) is 0 Å². The predicted molar refractivity (Wildman–Crippen MR) is 82.9 cm³/mol. The van der Waals surface area contributed by atoms with Crippen LogP contribution in [0.1, 0.15) is 19.3 Å². The SMILES string of the molecule is O=C(CCNCCOc1ccc(Br)cc1)N1CCCC1. The fourth-order valence-corrected chi connectivity index (χ4v) is 2.48. The normalized spacial score (nSPS) is 14.6. The summed E-state index contributed by atoms with van der Waals surface area (Å²) in [5, 5.41) is 3.24. The van der Waals surface area contributed by atoms with E-state index in [1.807, 2.05) is 29.2 Å². The van der Waals surface area contributed by atoms with Gasteiger partial charge in [0.05, 0.1) is 0 Å². The first-order chi connectivity index (χ1) is 9.75. The molecule has 0 aliphatic carbocycles. The fourth-order valence-electron chi connectivity index (χ4n) is 2.22. The van der Waals surface area contributed by atoms with Gasteiger partial charge in [-0.25, -0.2) is 0 Å². The summed E-state index contributed by atoms with van der Waals surface area (Å²) in [6.45, 7) is 3.96. The van der Waals surface area contributed by atoms with Gasteiger partial charge in [0.1, 0.15) is 12.4 Å². The summed E-state index contributed by atoms with van der Waals surface area (Å²) in [5.74, 6) is 1.13. The molecule has 20 heavy (non-hydrogen) atoms. The first kappa shape index (κ1) is 15.3. The number of carbonyl (C=O) groups excluding carboxylic acids is 1. The Morgan fingerprint density at radius 3 is 2.60 bits per heavy atom. The largest absolute Gasteiger partial charge is 0.492 e. The maximum Gasteiger partial charge on any atom is 0.223 e. The van der Waals surface area contributed by atoms with E-state index in [4.69, 9.17) is 4.74 Å². The Morgan fingerprint density at radius 2 is 1.90 bits per heavy atom. The minimum atomic E-state index is 0.267. The van der Waals surface area contributed by atoms with Crippen molar-refractivity contribution in [3.05, 3.63) is 28.7 Å². The molecule has 0 spiro atoms. The Hall–Kier alpha value is -1.07. The summed E-state index contributed by atoms with van der Waals surface area (Å²) < 4.78 is 6.63. The molecule has 5 heteroatoms. The Morgan fingerprint density at radius 1 is 1.20 bits per heavy atom. The van der Waals surface area contributed by atoms with Gasteiger partial charge < -0.3 is 15.0 Å². The number of likely N-dealkylation sites (tertiary alicyclic amines) is 1. The molecule has 2 rings (SSSR count). The second-order valence-electron chi connectivity index (χ2n) is 4.89. The van der Waals surface area contributed by atoms with Crippen LogP contribution >= 0.6 is 15.9 Å². The number of amides is 1. The molecule has 1 N–H and O–H groups in total. The number of hydrogen-bond donors (Lipinski definition) is 1. The van der Waals surface area contributed by atoms with Gasteiger partial charge in [0.15, 0.2) is 0 Å². The second kappa shape index (κ2) is 8.27. The molecule has 1 aliphatic rings. The third kappa shape index (κ3) is 5.13. The van der Waals surface area contributed by atoms with Crippen molar-refractivity contribution >= 4 is 21.8 Å². The van der Waals surface area contributed by atoms with Gasteiger partial charge in [-0.3, -0.25) is 4.79 Å². The Balaban J connectivity index is 1.51. The quantitative estimate of drug-likeness (QED) is 0.775. The van der Waals surface area contributed by atoms with Gasteiger partial charge in [-0.15, -0.1) is 0 Å². The molecule has 0 radical (unpaired) electrons. The van der Waals surface area contributed by atoms with Crippen LogP contribution in [0, 0.1) is 0 Å². The smallest absolute Gasteiger partial charge is 0.223 e. The molecule has 1 aliphatic heterocycles. The van der Waals surface area contributed by atoms with Crippen molar-refractivity contribution in [1.29, 1.82) is 0 Å². The Labute approximate surface area is 128 Å². The lowest BCUT2D eigenvalue weighted by atomic mass is 10.3. The van der Waals surface area contributed by atoms with Crippen LogP contribution in [-0.4, -0.2) is 43.6 Å². The van der Waals surface area contributed by atoms with Gasteiger partial charge in [0.2, 0.25) is 5.91 Å². The number of carbonyl (C=O) groups is 1. The average molecular weight is 341 g/mol. The monoisotopic (exact) mass is 340 g/mol. The summed E-state index contributed by atoms with van der Waals surface area (Å²) in [5.41, 5.74) is 0. The van der Waals surface area contributed by atoms with E-state index in [9.17, 15) is 4.79 Å². The van der Waals surface area contributed by atoms with Gasteiger partial charge in [-0.2, -0.15) is 0 Å². The predicted octanol–water partition coefficient (Wildman–Crippen LogP) is 2.43. The fraction of sp³-hybridized carbons (Fsp3) is 0.533. The number of hydrogen-bond acceptors (Lipinski definition) is 3. The number of rotatable bonds is 7. The van der Waals surface area contributed by atoms with E-state index >= 15 is 0 Å². The van der Waals surface area contributed by atoms with E-state index in [-0.39, 0.29) is 5.91 Å². The van der Waals surface area contributed by atoms with E-state index in [1.54, 1.807) is 0 Å². The third-order valence-electron chi connectivity index (χ3n) is 3.34. The van der Waals surface area contributed by atoms with Crippen LogP contribution in [0.25, 0.3) is 0 Å². The minimum Gasteiger partial charge on any atom is -0.492 e. The summed E-state index contributed by atoms with van der Waals surface area (Å²) in [7, 11) is 0. The summed E-state index contributed by atoms with van der Waals surface area (Å²) >= 11 is 3.39. The van der Waals surface area contributed by atoms with Crippen molar-refractivity contribution in [2.24, 2.45) is 0 Å². The summed E-state index contributed by atoms with van der Waals surface area (Å²) in [6.07, 6.45) is 2.89. The topological polar surface area (TPSA) is 41.6 Å². The van der Waals surface area contributed by atoms with Crippen molar-refractivity contribution in [2.75, 3.05) is 32.8 Å². The molecule has 0 unspecified atom stereocenters. The van der Waals surface area contributed by atoms with E-state index in [2.05, 4.69) is 21.2 Å². The number of ether oxygens (including phenoxy) is 1. The molecule has 110 valence electrons. The van der Waals surface area contributed by atoms with Gasteiger partial charge in [-0.05, 0) is 37.1 Å². The zero-order valence-electron chi connectivity index (χ0n) is 11.6. The molecule has 1 saturated heterocycles. The molecule has 1 amide bonds. The highest BCUT2D eigenvalue weighted by atomic mass is 79.9. The number of nitrogens with zero attached hydrogens (tertiary/aromatic N) is 1. The summed E-state index contributed by atoms with van der Waals surface area (Å²) in [6, 6.07) is 7.77. The molecular weight excluding hydrogens is 320 g/mol. The van der Waals surface area contributed by atoms with Crippen LogP contribution in [0.5, 0.6) is 5.75 Å². The van der Waals surface area contributed by atoms with Crippen molar-refractivity contribution < 1.29 is 9.53 Å². The van der Waals surface area contributed by atoms with Crippen molar-refractivity contribution in [3.8, 4) is 5.75 Å². The van der Waals surface area contributed by atoms with Crippen LogP contribution in [0.3, 0.4) is 0 Å². The number of halogens is 1. The molecule has 0 bridgehead atoms. The van der Waals surface area contributed by atoms with E-state index in [1.165, 1.54) is 0 Å². The molecule has 1 heterocycles. The van der Waals surface area contributed by atoms with Gasteiger partial charge in [0.25, 0.3) is 0 Å². The van der Waals surface area contributed by atoms with Crippen molar-refractivity contribution in [2.45, 2.75) is 19.3 Å². The maximum absolute atomic E-state index is 11.8. The average Bonchev–Trinajstić information content (AvgIpc) is 2.98. The van der Waals surface area contributed by atoms with Gasteiger partial charge >= 0.3 is 0 Å². The van der Waals surface area contributed by atoms with E-state index in [0.717, 1.165) is 49.2 Å². The van der Waals surface area contributed by atoms with Crippen LogP contribution in [-0.2, 0) is 4.79 Å². The van der Waals surface area contributed by atoms with Gasteiger partial charge in [0, 0.05) is 37.1 Å². The standard InChI is InChI=1S/C15H21BrN2O2/c16-13-3-5-14(6-4-13)20-12-9-17-8-7-15(19)18-10-1-2-11-18/h3-6,17H,1-2,7-12H2. The van der Waals surface area contributed by atoms with Crippen LogP contribution < -0.4 is 10.1 Å². The van der Waals surface area contributed by atoms with Crippen LogP contribution in [0.2, 0.25) is 0 Å². The zero-order chi connectivity index (χ0) is 14.2. The second-order valence-corrected chi connectivity index (χ2v) is 5.81. The lowest BCUT2D eigenvalue weighted by molar-refractivity contribution is -0.130. The first-order valence-electron chi connectivity index (χ1n) is 7.12. The lowest BCUT2D eigenvalue weighted by Crippen LogP contribution is -2.31. The molecule has 0 aromatic heterocycles. The Bertz CT molecular complexity index is 416. The van der Waals surface area contributed by atoms with Gasteiger partial charge in [-0.1, -0.05) is 15.9 Å². The highest BCUT2D eigenvalue weighted by Crippen LogP contribution is 2.15. The molecule has 0 atom stereocenters. The highest BCUT2D eigenvalue weighted by molar-refractivity contribution is 9.10. The lowest BCUT2D eigenvalue weighted by Gasteiger charge is -2.15. The molecule has 4 nitrogen and oxygen atoms in total. The summed E-state index contributed by atoms with van der Waals surface area (Å²) in [4.78, 5) is 13.7. The van der Waals surface area contributed by atoms with E-state index < -0.39 is 0 Å². The molecule has 1 fully saturated rings. The highest BCUT2D eigenvalue weighted by Gasteiger charge is 2.16. The Kier molecular flexibility index (Phi) is 6.33. The van der Waals surface area contributed by atoms with E-state index in [0.29, 0.717) is 13.0 Å². The molecule has 0 saturated carbocycles. The maximum atomic E-state index is 11.8. The molecule has 1 aromatic rings. The number of nitrogens with one attached hydrogen (secondary N) is 1. The number of benzene rings is 1. The third-order valence-corrected chi connectivity index (χ3v) is 3.86. The molecule has 1 aromatic carbocycles. The van der Waals surface area contributed by atoms with Crippen LogP contribution in [0.15, 0.2) is 28.7 Å².